The molecule has 218 valence electrons. The van der Waals surface area contributed by atoms with Crippen molar-refractivity contribution in [3.8, 4) is 34.0 Å². The number of hydrogen-bond donors (Lipinski definition) is 0. The number of furan rings is 2. The molecule has 0 spiro atoms. The van der Waals surface area contributed by atoms with Gasteiger partial charge in [0.2, 0.25) is 0 Å². The molecule has 0 N–H and O–H groups in total. The van der Waals surface area contributed by atoms with Gasteiger partial charge in [0.1, 0.15) is 22.3 Å². The third-order valence-electron chi connectivity index (χ3n) is 9.45. The van der Waals surface area contributed by atoms with E-state index in [1.807, 2.05) is 30.3 Å². The van der Waals surface area contributed by atoms with Crippen molar-refractivity contribution >= 4 is 65.7 Å². The highest BCUT2D eigenvalue weighted by Gasteiger charge is 2.21. The largest absolute Gasteiger partial charge is 0.456 e. The number of nitriles is 1. The molecule has 4 heteroatoms. The summed E-state index contributed by atoms with van der Waals surface area (Å²) < 4.78 is 15.2. The van der Waals surface area contributed by atoms with Crippen molar-refractivity contribution in [2.75, 3.05) is 0 Å². The molecule has 3 heterocycles. The minimum atomic E-state index is 0.610. The molecular weight excluding hydrogens is 576 g/mol. The molecule has 4 nitrogen and oxygen atoms in total. The zero-order valence-electron chi connectivity index (χ0n) is 25.1. The van der Waals surface area contributed by atoms with Gasteiger partial charge in [0, 0.05) is 32.5 Å². The summed E-state index contributed by atoms with van der Waals surface area (Å²) in [5, 5.41) is 16.8. The maximum absolute atomic E-state index is 10.4. The molecule has 0 aliphatic carbocycles. The lowest BCUT2D eigenvalue weighted by Crippen LogP contribution is -1.99. The average molecular weight is 601 g/mol. The highest BCUT2D eigenvalue weighted by atomic mass is 16.3. The molecule has 0 saturated carbocycles. The lowest BCUT2D eigenvalue weighted by Gasteiger charge is -2.15. The number of para-hydroxylation sites is 2. The van der Waals surface area contributed by atoms with E-state index in [0.717, 1.165) is 77.3 Å². The minimum absolute atomic E-state index is 0.610. The predicted octanol–water partition coefficient (Wildman–Crippen LogP) is 11.8. The van der Waals surface area contributed by atoms with Crippen molar-refractivity contribution in [3.05, 3.63) is 151 Å². The molecule has 0 aliphatic rings. The maximum atomic E-state index is 10.4. The summed E-state index contributed by atoms with van der Waals surface area (Å²) >= 11 is 0. The monoisotopic (exact) mass is 600 g/mol. The number of rotatable bonds is 3. The van der Waals surface area contributed by atoms with Gasteiger partial charge in [-0.2, -0.15) is 5.26 Å². The number of nitrogens with zero attached hydrogens (tertiary/aromatic N) is 2. The summed E-state index contributed by atoms with van der Waals surface area (Å²) in [4.78, 5) is 0. The Bertz CT molecular complexity index is 2860. The van der Waals surface area contributed by atoms with E-state index in [1.54, 1.807) is 0 Å². The van der Waals surface area contributed by atoms with Gasteiger partial charge in [0.15, 0.2) is 0 Å². The zero-order chi connectivity index (χ0) is 31.1. The molecule has 47 heavy (non-hydrogen) atoms. The van der Waals surface area contributed by atoms with Crippen molar-refractivity contribution in [2.24, 2.45) is 0 Å². The fourth-order valence-corrected chi connectivity index (χ4v) is 7.37. The standard InChI is InChI=1S/C43H24N2O2/c44-25-29-11-8-16-37(45-35-14-6-4-12-30(35)31-13-5-7-15-36(31)45)41(29)28-18-21-39-34(24-28)42-40(46-39)22-19-32-33-23-27(26-9-2-1-3-10-26)17-20-38(33)47-43(32)42/h1-24H. The van der Waals surface area contributed by atoms with E-state index >= 15 is 0 Å². The molecule has 0 radical (unpaired) electrons. The Labute approximate surface area is 268 Å². The lowest BCUT2D eigenvalue weighted by atomic mass is 9.96. The van der Waals surface area contributed by atoms with Crippen molar-refractivity contribution in [3.63, 3.8) is 0 Å². The molecule has 10 rings (SSSR count). The summed E-state index contributed by atoms with van der Waals surface area (Å²) in [7, 11) is 0. The fraction of sp³-hybridized carbons (Fsp3) is 0. The van der Waals surface area contributed by atoms with Gasteiger partial charge < -0.3 is 13.4 Å². The lowest BCUT2D eigenvalue weighted by molar-refractivity contribution is 0.663. The van der Waals surface area contributed by atoms with Crippen LogP contribution in [0, 0.1) is 11.3 Å². The Kier molecular flexibility index (Phi) is 5.32. The molecule has 0 fully saturated rings. The fourth-order valence-electron chi connectivity index (χ4n) is 7.37. The Morgan fingerprint density at radius 2 is 1.13 bits per heavy atom. The quantitative estimate of drug-likeness (QED) is 0.203. The average Bonchev–Trinajstić information content (AvgIpc) is 3.80. The van der Waals surface area contributed by atoms with Crippen LogP contribution in [-0.2, 0) is 0 Å². The van der Waals surface area contributed by atoms with E-state index in [9.17, 15) is 5.26 Å². The summed E-state index contributed by atoms with van der Waals surface area (Å²) in [6.07, 6.45) is 0. The van der Waals surface area contributed by atoms with E-state index in [0.29, 0.717) is 5.56 Å². The zero-order valence-corrected chi connectivity index (χ0v) is 25.1. The predicted molar refractivity (Wildman–Crippen MR) is 191 cm³/mol. The van der Waals surface area contributed by atoms with Gasteiger partial charge in [-0.25, -0.2) is 0 Å². The summed E-state index contributed by atoms with van der Waals surface area (Å²) in [6, 6.07) is 52.4. The second kappa shape index (κ2) is 9.71. The van der Waals surface area contributed by atoms with Crippen LogP contribution >= 0.6 is 0 Å². The molecule has 3 aromatic heterocycles. The number of aromatic nitrogens is 1. The SMILES string of the molecule is N#Cc1cccc(-n2c3ccccc3c3ccccc32)c1-c1ccc2oc3ccc4c5cc(-c6ccccc6)ccc5oc4c3c2c1. The number of hydrogen-bond acceptors (Lipinski definition) is 3. The molecule has 0 bridgehead atoms. The number of benzene rings is 7. The van der Waals surface area contributed by atoms with Crippen LogP contribution in [0.15, 0.2) is 154 Å². The van der Waals surface area contributed by atoms with Crippen LogP contribution in [0.4, 0.5) is 0 Å². The van der Waals surface area contributed by atoms with E-state index in [-0.39, 0.29) is 0 Å². The van der Waals surface area contributed by atoms with Crippen LogP contribution in [0.3, 0.4) is 0 Å². The van der Waals surface area contributed by atoms with Crippen LogP contribution in [-0.4, -0.2) is 4.57 Å². The first-order valence-corrected chi connectivity index (χ1v) is 15.7. The molecule has 7 aromatic carbocycles. The Morgan fingerprint density at radius 3 is 1.89 bits per heavy atom. The highest BCUT2D eigenvalue weighted by Crippen LogP contribution is 2.43. The van der Waals surface area contributed by atoms with Gasteiger partial charge in [-0.05, 0) is 77.4 Å². The van der Waals surface area contributed by atoms with Crippen LogP contribution in [0.1, 0.15) is 5.56 Å². The second-order valence-corrected chi connectivity index (χ2v) is 12.0. The molecule has 0 amide bonds. The molecule has 0 saturated heterocycles. The first-order valence-electron chi connectivity index (χ1n) is 15.7. The first-order chi connectivity index (χ1) is 23.3. The first kappa shape index (κ1) is 25.7. The topological polar surface area (TPSA) is 55.0 Å². The van der Waals surface area contributed by atoms with Gasteiger partial charge in [0.25, 0.3) is 0 Å². The Morgan fingerprint density at radius 1 is 0.468 bits per heavy atom. The highest BCUT2D eigenvalue weighted by molar-refractivity contribution is 6.22. The molecule has 10 aromatic rings. The van der Waals surface area contributed by atoms with Crippen LogP contribution < -0.4 is 0 Å². The molecule has 0 atom stereocenters. The van der Waals surface area contributed by atoms with E-state index in [1.165, 1.54) is 16.3 Å². The van der Waals surface area contributed by atoms with E-state index in [2.05, 4.69) is 126 Å². The van der Waals surface area contributed by atoms with Crippen molar-refractivity contribution < 1.29 is 8.83 Å². The minimum Gasteiger partial charge on any atom is -0.456 e. The Hall–Kier alpha value is -6.57. The molecule has 0 unspecified atom stereocenters. The van der Waals surface area contributed by atoms with Gasteiger partial charge in [-0.3, -0.25) is 0 Å². The van der Waals surface area contributed by atoms with Crippen molar-refractivity contribution in [2.45, 2.75) is 0 Å². The van der Waals surface area contributed by atoms with Crippen molar-refractivity contribution in [1.82, 2.24) is 4.57 Å². The van der Waals surface area contributed by atoms with Gasteiger partial charge >= 0.3 is 0 Å². The molecular formula is C43H24N2O2. The van der Waals surface area contributed by atoms with Gasteiger partial charge in [0.05, 0.1) is 33.7 Å². The van der Waals surface area contributed by atoms with E-state index in [4.69, 9.17) is 8.83 Å². The van der Waals surface area contributed by atoms with Crippen LogP contribution in [0.5, 0.6) is 0 Å². The number of fused-ring (bicyclic) bond motifs is 10. The smallest absolute Gasteiger partial charge is 0.147 e. The maximum Gasteiger partial charge on any atom is 0.147 e. The summed E-state index contributed by atoms with van der Waals surface area (Å²) in [6.45, 7) is 0. The summed E-state index contributed by atoms with van der Waals surface area (Å²) in [5.74, 6) is 0. The van der Waals surface area contributed by atoms with E-state index < -0.39 is 0 Å². The molecule has 0 aliphatic heterocycles. The van der Waals surface area contributed by atoms with Gasteiger partial charge in [-0.15, -0.1) is 0 Å². The van der Waals surface area contributed by atoms with Gasteiger partial charge in [-0.1, -0.05) is 84.9 Å². The summed E-state index contributed by atoms with van der Waals surface area (Å²) in [5.41, 5.74) is 11.1. The Balaban J connectivity index is 1.24. The normalized spacial score (nSPS) is 11.8. The van der Waals surface area contributed by atoms with Crippen molar-refractivity contribution in [1.29, 1.82) is 5.26 Å². The van der Waals surface area contributed by atoms with Crippen LogP contribution in [0.25, 0.3) is 93.6 Å². The third kappa shape index (κ3) is 3.69. The second-order valence-electron chi connectivity index (χ2n) is 12.0. The third-order valence-corrected chi connectivity index (χ3v) is 9.45. The van der Waals surface area contributed by atoms with Crippen LogP contribution in [0.2, 0.25) is 0 Å².